The first-order valence-electron chi connectivity index (χ1n) is 6.20. The standard InChI is InChI=1S/C12H22O6/c1-3-17-11(15)10(12(16)18-4-2)9(14)7-5-6-8-13/h9-10,13-14H,3-8H2,1-2H3. The van der Waals surface area contributed by atoms with Gasteiger partial charge in [0, 0.05) is 6.61 Å². The Bertz CT molecular complexity index is 235. The normalized spacial score (nSPS) is 12.3. The predicted molar refractivity (Wildman–Crippen MR) is 63.7 cm³/mol. The fourth-order valence-electron chi connectivity index (χ4n) is 1.51. The minimum atomic E-state index is -1.30. The average molecular weight is 262 g/mol. The van der Waals surface area contributed by atoms with Crippen LogP contribution in [0.25, 0.3) is 0 Å². The minimum absolute atomic E-state index is 0.0101. The first-order valence-corrected chi connectivity index (χ1v) is 6.20. The molecule has 0 saturated heterocycles. The van der Waals surface area contributed by atoms with E-state index in [0.717, 1.165) is 0 Å². The van der Waals surface area contributed by atoms with Gasteiger partial charge < -0.3 is 19.7 Å². The zero-order chi connectivity index (χ0) is 14.0. The molecule has 0 aliphatic rings. The molecule has 0 aliphatic heterocycles. The SMILES string of the molecule is CCOC(=O)C(C(=O)OCC)C(O)CCCCO. The number of aliphatic hydroxyl groups excluding tert-OH is 2. The van der Waals surface area contributed by atoms with Crippen LogP contribution in [0.1, 0.15) is 33.1 Å². The number of carbonyl (C=O) groups is 2. The molecule has 0 heterocycles. The Kier molecular flexibility index (Phi) is 9.22. The van der Waals surface area contributed by atoms with Gasteiger partial charge >= 0.3 is 11.9 Å². The molecule has 0 aromatic carbocycles. The van der Waals surface area contributed by atoms with Crippen LogP contribution in [0.15, 0.2) is 0 Å². The number of rotatable bonds is 9. The van der Waals surface area contributed by atoms with Crippen molar-refractivity contribution in [3.63, 3.8) is 0 Å². The molecule has 0 aromatic heterocycles. The van der Waals surface area contributed by atoms with Crippen LogP contribution >= 0.6 is 0 Å². The molecule has 0 rings (SSSR count). The highest BCUT2D eigenvalue weighted by atomic mass is 16.6. The highest BCUT2D eigenvalue weighted by molar-refractivity contribution is 5.95. The van der Waals surface area contributed by atoms with Gasteiger partial charge in [0.15, 0.2) is 5.92 Å². The van der Waals surface area contributed by atoms with E-state index in [0.29, 0.717) is 12.8 Å². The van der Waals surface area contributed by atoms with Crippen LogP contribution in [0, 0.1) is 5.92 Å². The van der Waals surface area contributed by atoms with E-state index in [4.69, 9.17) is 14.6 Å². The summed E-state index contributed by atoms with van der Waals surface area (Å²) in [4.78, 5) is 23.2. The zero-order valence-electron chi connectivity index (χ0n) is 10.9. The molecule has 6 nitrogen and oxygen atoms in total. The Labute approximate surface area is 107 Å². The molecule has 0 aliphatic carbocycles. The van der Waals surface area contributed by atoms with Gasteiger partial charge in [0.2, 0.25) is 0 Å². The second-order valence-corrected chi connectivity index (χ2v) is 3.77. The summed E-state index contributed by atoms with van der Waals surface area (Å²) in [6.45, 7) is 3.53. The van der Waals surface area contributed by atoms with Gasteiger partial charge in [-0.05, 0) is 33.1 Å². The van der Waals surface area contributed by atoms with E-state index in [9.17, 15) is 14.7 Å². The second-order valence-electron chi connectivity index (χ2n) is 3.77. The molecule has 0 bridgehead atoms. The van der Waals surface area contributed by atoms with Crippen molar-refractivity contribution in [3.8, 4) is 0 Å². The van der Waals surface area contributed by atoms with Gasteiger partial charge in [0.05, 0.1) is 19.3 Å². The maximum absolute atomic E-state index is 11.6. The molecule has 106 valence electrons. The molecule has 6 heteroatoms. The van der Waals surface area contributed by atoms with E-state index < -0.39 is 24.0 Å². The smallest absolute Gasteiger partial charge is 0.323 e. The number of hydrogen-bond donors (Lipinski definition) is 2. The molecule has 0 amide bonds. The first kappa shape index (κ1) is 16.9. The van der Waals surface area contributed by atoms with Crippen LogP contribution in [-0.2, 0) is 19.1 Å². The van der Waals surface area contributed by atoms with Gasteiger partial charge in [-0.15, -0.1) is 0 Å². The summed E-state index contributed by atoms with van der Waals surface area (Å²) in [5.41, 5.74) is 0. The van der Waals surface area contributed by atoms with Crippen LogP contribution in [0.4, 0.5) is 0 Å². The molecule has 0 spiro atoms. The molecule has 0 saturated carbocycles. The van der Waals surface area contributed by atoms with Crippen molar-refractivity contribution in [2.45, 2.75) is 39.2 Å². The van der Waals surface area contributed by atoms with E-state index >= 15 is 0 Å². The summed E-state index contributed by atoms with van der Waals surface area (Å²) in [5, 5.41) is 18.5. The van der Waals surface area contributed by atoms with Crippen molar-refractivity contribution < 1.29 is 29.3 Å². The summed E-state index contributed by atoms with van der Waals surface area (Å²) in [5.74, 6) is -2.84. The first-order chi connectivity index (χ1) is 8.58. The molecule has 1 unspecified atom stereocenters. The van der Waals surface area contributed by atoms with Gasteiger partial charge in [-0.25, -0.2) is 0 Å². The van der Waals surface area contributed by atoms with E-state index in [1.807, 2.05) is 0 Å². The average Bonchev–Trinajstić information content (AvgIpc) is 2.30. The van der Waals surface area contributed by atoms with E-state index in [1.54, 1.807) is 13.8 Å². The Hall–Kier alpha value is -1.14. The van der Waals surface area contributed by atoms with Gasteiger partial charge in [-0.3, -0.25) is 9.59 Å². The lowest BCUT2D eigenvalue weighted by atomic mass is 9.98. The molecule has 0 aromatic rings. The Morgan fingerprint density at radius 1 is 1.06 bits per heavy atom. The van der Waals surface area contributed by atoms with Crippen LogP contribution in [0.2, 0.25) is 0 Å². The van der Waals surface area contributed by atoms with Crippen molar-refractivity contribution in [1.82, 2.24) is 0 Å². The molecular formula is C12H22O6. The number of hydrogen-bond acceptors (Lipinski definition) is 6. The fourth-order valence-corrected chi connectivity index (χ4v) is 1.51. The Morgan fingerprint density at radius 2 is 1.56 bits per heavy atom. The third-order valence-corrected chi connectivity index (χ3v) is 2.37. The summed E-state index contributed by atoms with van der Waals surface area (Å²) >= 11 is 0. The Balaban J connectivity index is 4.53. The maximum Gasteiger partial charge on any atom is 0.323 e. The zero-order valence-corrected chi connectivity index (χ0v) is 10.9. The number of unbranched alkanes of at least 4 members (excludes halogenated alkanes) is 1. The largest absolute Gasteiger partial charge is 0.465 e. The molecule has 18 heavy (non-hydrogen) atoms. The van der Waals surface area contributed by atoms with Crippen LogP contribution < -0.4 is 0 Å². The van der Waals surface area contributed by atoms with Crippen molar-refractivity contribution in [2.24, 2.45) is 5.92 Å². The van der Waals surface area contributed by atoms with Crippen LogP contribution in [0.5, 0.6) is 0 Å². The number of carbonyl (C=O) groups excluding carboxylic acids is 2. The highest BCUT2D eigenvalue weighted by Gasteiger charge is 2.36. The lowest BCUT2D eigenvalue weighted by molar-refractivity contribution is -0.167. The topological polar surface area (TPSA) is 93.1 Å². The third kappa shape index (κ3) is 5.97. The van der Waals surface area contributed by atoms with E-state index in [-0.39, 0.29) is 26.2 Å². The van der Waals surface area contributed by atoms with Crippen LogP contribution in [-0.4, -0.2) is 48.1 Å². The summed E-state index contributed by atoms with van der Waals surface area (Å²) < 4.78 is 9.50. The molecular weight excluding hydrogens is 240 g/mol. The number of esters is 2. The summed E-state index contributed by atoms with van der Waals surface area (Å²) in [6, 6.07) is 0. The molecule has 0 fully saturated rings. The molecule has 2 N–H and O–H groups in total. The van der Waals surface area contributed by atoms with Crippen molar-refractivity contribution in [3.05, 3.63) is 0 Å². The van der Waals surface area contributed by atoms with Crippen molar-refractivity contribution in [2.75, 3.05) is 19.8 Å². The van der Waals surface area contributed by atoms with Gasteiger partial charge in [-0.2, -0.15) is 0 Å². The predicted octanol–water partition coefficient (Wildman–Crippen LogP) is 0.252. The van der Waals surface area contributed by atoms with Gasteiger partial charge in [-0.1, -0.05) is 0 Å². The summed E-state index contributed by atoms with van der Waals surface area (Å²) in [7, 11) is 0. The van der Waals surface area contributed by atoms with Crippen molar-refractivity contribution in [1.29, 1.82) is 0 Å². The lowest BCUT2D eigenvalue weighted by Gasteiger charge is -2.19. The monoisotopic (exact) mass is 262 g/mol. The fraction of sp³-hybridized carbons (Fsp3) is 0.833. The van der Waals surface area contributed by atoms with Gasteiger partial charge in [0.1, 0.15) is 0 Å². The maximum atomic E-state index is 11.6. The number of ether oxygens (including phenoxy) is 2. The molecule has 1 atom stereocenters. The third-order valence-electron chi connectivity index (χ3n) is 2.37. The lowest BCUT2D eigenvalue weighted by Crippen LogP contribution is -2.37. The quantitative estimate of drug-likeness (QED) is 0.351. The Morgan fingerprint density at radius 3 is 1.94 bits per heavy atom. The van der Waals surface area contributed by atoms with E-state index in [2.05, 4.69) is 0 Å². The number of aliphatic hydroxyl groups is 2. The highest BCUT2D eigenvalue weighted by Crippen LogP contribution is 2.15. The minimum Gasteiger partial charge on any atom is -0.465 e. The molecule has 0 radical (unpaired) electrons. The summed E-state index contributed by atoms with van der Waals surface area (Å²) in [6.07, 6.45) is 0.125. The van der Waals surface area contributed by atoms with Gasteiger partial charge in [0.25, 0.3) is 0 Å². The second kappa shape index (κ2) is 9.85. The van der Waals surface area contributed by atoms with Crippen LogP contribution in [0.3, 0.4) is 0 Å². The van der Waals surface area contributed by atoms with Crippen molar-refractivity contribution >= 4 is 11.9 Å². The van der Waals surface area contributed by atoms with E-state index in [1.165, 1.54) is 0 Å².